The molecule has 0 bridgehead atoms. The number of rotatable bonds is 3. The number of amides is 1. The van der Waals surface area contributed by atoms with Gasteiger partial charge in [-0.3, -0.25) is 4.79 Å². The molecular weight excluding hydrogens is 204 g/mol. The smallest absolute Gasteiger partial charge is 0.274 e. The summed E-state index contributed by atoms with van der Waals surface area (Å²) in [6.45, 7) is 2.23. The number of aromatic amines is 1. The Labute approximate surface area is 92.9 Å². The maximum absolute atomic E-state index is 11.7. The Bertz CT molecular complexity index is 478. The van der Waals surface area contributed by atoms with Gasteiger partial charge in [-0.2, -0.15) is 15.4 Å². The summed E-state index contributed by atoms with van der Waals surface area (Å²) < 4.78 is 0. The van der Waals surface area contributed by atoms with E-state index in [2.05, 4.69) is 20.7 Å². The van der Waals surface area contributed by atoms with E-state index >= 15 is 0 Å². The van der Waals surface area contributed by atoms with Gasteiger partial charge in [0.25, 0.3) is 5.91 Å². The zero-order valence-corrected chi connectivity index (χ0v) is 8.90. The number of hydrogen-bond acceptors (Lipinski definition) is 3. The summed E-state index contributed by atoms with van der Waals surface area (Å²) in [6, 6.07) is 9.71. The molecule has 2 aromatic rings. The Hall–Kier alpha value is -2.17. The van der Waals surface area contributed by atoms with E-state index in [0.29, 0.717) is 17.9 Å². The highest BCUT2D eigenvalue weighted by Crippen LogP contribution is 2.01. The Kier molecular flexibility index (Phi) is 2.95. The highest BCUT2D eigenvalue weighted by Gasteiger charge is 2.12. The fourth-order valence-corrected chi connectivity index (χ4v) is 1.36. The number of carbonyl (C=O) groups is 1. The van der Waals surface area contributed by atoms with Crippen molar-refractivity contribution in [3.05, 3.63) is 47.3 Å². The van der Waals surface area contributed by atoms with Crippen molar-refractivity contribution >= 4 is 5.91 Å². The van der Waals surface area contributed by atoms with Crippen molar-refractivity contribution in [1.82, 2.24) is 20.7 Å². The standard InChI is InChI=1S/C11H12N4O/c1-8-10(14-15-13-8)11(16)12-7-9-5-3-2-4-6-9/h2-6H,7H2,1H3,(H,12,16)(H,13,14,15). The van der Waals surface area contributed by atoms with Crippen molar-refractivity contribution < 1.29 is 4.79 Å². The largest absolute Gasteiger partial charge is 0.347 e. The number of H-pyrrole nitrogens is 1. The van der Waals surface area contributed by atoms with Gasteiger partial charge in [0.05, 0.1) is 5.69 Å². The fraction of sp³-hybridized carbons (Fsp3) is 0.182. The summed E-state index contributed by atoms with van der Waals surface area (Å²) >= 11 is 0. The molecule has 0 aliphatic heterocycles. The number of benzene rings is 1. The molecule has 0 aliphatic carbocycles. The average molecular weight is 216 g/mol. The van der Waals surface area contributed by atoms with E-state index in [1.807, 2.05) is 30.3 Å². The Morgan fingerprint density at radius 2 is 2.06 bits per heavy atom. The van der Waals surface area contributed by atoms with Crippen LogP contribution in [0.5, 0.6) is 0 Å². The molecule has 1 aromatic carbocycles. The Balaban J connectivity index is 1.97. The molecule has 16 heavy (non-hydrogen) atoms. The van der Waals surface area contributed by atoms with Crippen LogP contribution in [-0.4, -0.2) is 21.3 Å². The van der Waals surface area contributed by atoms with Gasteiger partial charge in [0.1, 0.15) is 0 Å². The molecular formula is C11H12N4O. The third-order valence-electron chi connectivity index (χ3n) is 2.23. The quantitative estimate of drug-likeness (QED) is 0.805. The molecule has 0 radical (unpaired) electrons. The van der Waals surface area contributed by atoms with Gasteiger partial charge < -0.3 is 5.32 Å². The lowest BCUT2D eigenvalue weighted by atomic mass is 10.2. The van der Waals surface area contributed by atoms with E-state index in [4.69, 9.17) is 0 Å². The fourth-order valence-electron chi connectivity index (χ4n) is 1.36. The van der Waals surface area contributed by atoms with Gasteiger partial charge in [-0.05, 0) is 12.5 Å². The van der Waals surface area contributed by atoms with Crippen LogP contribution in [0.3, 0.4) is 0 Å². The SMILES string of the molecule is Cc1n[nH]nc1C(=O)NCc1ccccc1. The van der Waals surface area contributed by atoms with Crippen LogP contribution in [0.15, 0.2) is 30.3 Å². The van der Waals surface area contributed by atoms with Gasteiger partial charge in [-0.15, -0.1) is 0 Å². The van der Waals surface area contributed by atoms with Gasteiger partial charge in [-0.1, -0.05) is 30.3 Å². The van der Waals surface area contributed by atoms with Gasteiger partial charge in [0.15, 0.2) is 5.69 Å². The van der Waals surface area contributed by atoms with Crippen molar-refractivity contribution in [2.45, 2.75) is 13.5 Å². The third-order valence-corrected chi connectivity index (χ3v) is 2.23. The number of hydrogen-bond donors (Lipinski definition) is 2. The normalized spacial score (nSPS) is 10.1. The number of carbonyl (C=O) groups excluding carboxylic acids is 1. The lowest BCUT2D eigenvalue weighted by Crippen LogP contribution is -2.23. The lowest BCUT2D eigenvalue weighted by molar-refractivity contribution is 0.0945. The first-order valence-electron chi connectivity index (χ1n) is 4.97. The second-order valence-electron chi connectivity index (χ2n) is 3.43. The van der Waals surface area contributed by atoms with Gasteiger partial charge in [0.2, 0.25) is 0 Å². The molecule has 0 spiro atoms. The molecule has 0 saturated heterocycles. The van der Waals surface area contributed by atoms with Crippen molar-refractivity contribution in [2.75, 3.05) is 0 Å². The average Bonchev–Trinajstić information content (AvgIpc) is 2.74. The summed E-state index contributed by atoms with van der Waals surface area (Å²) in [5.41, 5.74) is 2.00. The topological polar surface area (TPSA) is 70.7 Å². The molecule has 2 rings (SSSR count). The highest BCUT2D eigenvalue weighted by molar-refractivity contribution is 5.92. The molecule has 1 heterocycles. The van der Waals surface area contributed by atoms with Crippen LogP contribution in [0.25, 0.3) is 0 Å². The summed E-state index contributed by atoms with van der Waals surface area (Å²) in [5, 5.41) is 12.8. The molecule has 0 aliphatic rings. The van der Waals surface area contributed by atoms with Crippen LogP contribution in [0.2, 0.25) is 0 Å². The molecule has 1 aromatic heterocycles. The molecule has 2 N–H and O–H groups in total. The number of nitrogens with zero attached hydrogens (tertiary/aromatic N) is 2. The predicted molar refractivity (Wildman–Crippen MR) is 58.7 cm³/mol. The number of nitrogens with one attached hydrogen (secondary N) is 2. The summed E-state index contributed by atoms with van der Waals surface area (Å²) in [5.74, 6) is -0.213. The van der Waals surface area contributed by atoms with Crippen molar-refractivity contribution in [1.29, 1.82) is 0 Å². The summed E-state index contributed by atoms with van der Waals surface area (Å²) in [6.07, 6.45) is 0. The third kappa shape index (κ3) is 2.25. The van der Waals surface area contributed by atoms with E-state index in [-0.39, 0.29) is 5.91 Å². The minimum atomic E-state index is -0.213. The van der Waals surface area contributed by atoms with Crippen LogP contribution in [0, 0.1) is 6.92 Å². The molecule has 0 unspecified atom stereocenters. The second-order valence-corrected chi connectivity index (χ2v) is 3.43. The molecule has 0 atom stereocenters. The lowest BCUT2D eigenvalue weighted by Gasteiger charge is -2.02. The van der Waals surface area contributed by atoms with Gasteiger partial charge in [-0.25, -0.2) is 0 Å². The molecule has 5 heteroatoms. The van der Waals surface area contributed by atoms with E-state index in [1.165, 1.54) is 0 Å². The van der Waals surface area contributed by atoms with E-state index < -0.39 is 0 Å². The van der Waals surface area contributed by atoms with Gasteiger partial charge >= 0.3 is 0 Å². The predicted octanol–water partition coefficient (Wildman–Crippen LogP) is 1.04. The van der Waals surface area contributed by atoms with E-state index in [9.17, 15) is 4.79 Å². The van der Waals surface area contributed by atoms with E-state index in [1.54, 1.807) is 6.92 Å². The van der Waals surface area contributed by atoms with Crippen molar-refractivity contribution in [3.63, 3.8) is 0 Å². The molecule has 5 nitrogen and oxygen atoms in total. The maximum Gasteiger partial charge on any atom is 0.274 e. The van der Waals surface area contributed by atoms with Crippen LogP contribution in [0.4, 0.5) is 0 Å². The first-order chi connectivity index (χ1) is 7.77. The first-order valence-corrected chi connectivity index (χ1v) is 4.97. The van der Waals surface area contributed by atoms with Crippen LogP contribution in [-0.2, 0) is 6.54 Å². The van der Waals surface area contributed by atoms with Crippen molar-refractivity contribution in [2.24, 2.45) is 0 Å². The number of aromatic nitrogens is 3. The molecule has 1 amide bonds. The Morgan fingerprint density at radius 1 is 1.31 bits per heavy atom. The maximum atomic E-state index is 11.7. The summed E-state index contributed by atoms with van der Waals surface area (Å²) in [7, 11) is 0. The van der Waals surface area contributed by atoms with Crippen LogP contribution < -0.4 is 5.32 Å². The van der Waals surface area contributed by atoms with E-state index in [0.717, 1.165) is 5.56 Å². The minimum Gasteiger partial charge on any atom is -0.347 e. The zero-order chi connectivity index (χ0) is 11.4. The minimum absolute atomic E-state index is 0.213. The zero-order valence-electron chi connectivity index (χ0n) is 8.90. The van der Waals surface area contributed by atoms with Crippen molar-refractivity contribution in [3.8, 4) is 0 Å². The molecule has 0 fully saturated rings. The van der Waals surface area contributed by atoms with Gasteiger partial charge in [0, 0.05) is 6.54 Å². The molecule has 82 valence electrons. The highest BCUT2D eigenvalue weighted by atomic mass is 16.2. The van der Waals surface area contributed by atoms with Crippen LogP contribution in [0.1, 0.15) is 21.7 Å². The monoisotopic (exact) mass is 216 g/mol. The number of aryl methyl sites for hydroxylation is 1. The second kappa shape index (κ2) is 4.57. The Morgan fingerprint density at radius 3 is 2.69 bits per heavy atom. The summed E-state index contributed by atoms with van der Waals surface area (Å²) in [4.78, 5) is 11.7. The molecule has 0 saturated carbocycles. The first kappa shape index (κ1) is 10.4. The van der Waals surface area contributed by atoms with Crippen LogP contribution >= 0.6 is 0 Å².